The second-order valence-corrected chi connectivity index (χ2v) is 6.81. The highest BCUT2D eigenvalue weighted by atomic mass is 35.5. The zero-order valence-electron chi connectivity index (χ0n) is 12.7. The monoisotopic (exact) mass is 346 g/mol. The van der Waals surface area contributed by atoms with Crippen molar-refractivity contribution >= 4 is 46.1 Å². The number of amides is 1. The molecule has 6 heteroatoms. The quantitative estimate of drug-likeness (QED) is 0.682. The Morgan fingerprint density at radius 1 is 1.26 bits per heavy atom. The predicted octanol–water partition coefficient (Wildman–Crippen LogP) is 4.91. The highest BCUT2D eigenvalue weighted by molar-refractivity contribution is 8.00. The van der Waals surface area contributed by atoms with Crippen molar-refractivity contribution in [3.63, 3.8) is 0 Å². The number of halogens is 1. The number of hydrogen-bond donors (Lipinski definition) is 1. The summed E-state index contributed by atoms with van der Waals surface area (Å²) < 4.78 is 5.63. The van der Waals surface area contributed by atoms with Crippen molar-refractivity contribution in [2.75, 3.05) is 5.32 Å². The second kappa shape index (κ2) is 6.64. The molecule has 118 valence electrons. The van der Waals surface area contributed by atoms with E-state index in [-0.39, 0.29) is 11.2 Å². The van der Waals surface area contributed by atoms with Gasteiger partial charge in [-0.15, -0.1) is 0 Å². The minimum absolute atomic E-state index is 0.123. The number of anilines is 1. The minimum Gasteiger partial charge on any atom is -0.431 e. The number of nitrogens with one attached hydrogen (secondary N) is 1. The molecule has 0 spiro atoms. The first-order valence-electron chi connectivity index (χ1n) is 7.13. The number of para-hydroxylation sites is 2. The summed E-state index contributed by atoms with van der Waals surface area (Å²) in [7, 11) is 0. The Kier molecular flexibility index (Phi) is 4.59. The molecule has 0 aliphatic rings. The lowest BCUT2D eigenvalue weighted by atomic mass is 10.2. The van der Waals surface area contributed by atoms with Crippen LogP contribution in [0.15, 0.2) is 52.1 Å². The van der Waals surface area contributed by atoms with E-state index in [4.69, 9.17) is 16.0 Å². The van der Waals surface area contributed by atoms with E-state index >= 15 is 0 Å². The molecule has 23 heavy (non-hydrogen) atoms. The summed E-state index contributed by atoms with van der Waals surface area (Å²) in [5.74, 6) is -0.123. The van der Waals surface area contributed by atoms with Gasteiger partial charge in [-0.2, -0.15) is 0 Å². The van der Waals surface area contributed by atoms with Gasteiger partial charge in [0.15, 0.2) is 5.58 Å². The van der Waals surface area contributed by atoms with Crippen LogP contribution in [0.25, 0.3) is 11.1 Å². The van der Waals surface area contributed by atoms with E-state index in [9.17, 15) is 4.79 Å². The molecule has 1 heterocycles. The molecule has 4 nitrogen and oxygen atoms in total. The number of benzene rings is 2. The van der Waals surface area contributed by atoms with Crippen molar-refractivity contribution in [2.24, 2.45) is 0 Å². The number of aromatic nitrogens is 1. The average molecular weight is 347 g/mol. The van der Waals surface area contributed by atoms with Crippen molar-refractivity contribution in [2.45, 2.75) is 24.3 Å². The van der Waals surface area contributed by atoms with Gasteiger partial charge in [-0.05, 0) is 43.7 Å². The van der Waals surface area contributed by atoms with Crippen LogP contribution in [0.2, 0.25) is 5.02 Å². The molecular weight excluding hydrogens is 332 g/mol. The van der Waals surface area contributed by atoms with Gasteiger partial charge in [0.25, 0.3) is 5.22 Å². The van der Waals surface area contributed by atoms with Gasteiger partial charge in [0, 0.05) is 10.7 Å². The fourth-order valence-electron chi connectivity index (χ4n) is 2.08. The molecule has 0 bridgehead atoms. The van der Waals surface area contributed by atoms with Crippen LogP contribution in [-0.2, 0) is 4.79 Å². The van der Waals surface area contributed by atoms with Crippen LogP contribution >= 0.6 is 23.4 Å². The molecule has 1 atom stereocenters. The molecule has 1 N–H and O–H groups in total. The maximum Gasteiger partial charge on any atom is 0.257 e. The normalized spacial score (nSPS) is 12.3. The number of hydrogen-bond acceptors (Lipinski definition) is 4. The van der Waals surface area contributed by atoms with Crippen LogP contribution in [0, 0.1) is 6.92 Å². The first-order chi connectivity index (χ1) is 11.0. The van der Waals surface area contributed by atoms with E-state index in [0.717, 1.165) is 11.1 Å². The smallest absolute Gasteiger partial charge is 0.257 e. The fraction of sp³-hybridized carbons (Fsp3) is 0.176. The van der Waals surface area contributed by atoms with Crippen LogP contribution in [-0.4, -0.2) is 16.1 Å². The largest absolute Gasteiger partial charge is 0.431 e. The summed E-state index contributed by atoms with van der Waals surface area (Å²) in [6.45, 7) is 3.69. The topological polar surface area (TPSA) is 55.1 Å². The van der Waals surface area contributed by atoms with Crippen molar-refractivity contribution < 1.29 is 9.21 Å². The third-order valence-electron chi connectivity index (χ3n) is 3.45. The lowest BCUT2D eigenvalue weighted by molar-refractivity contribution is -0.115. The summed E-state index contributed by atoms with van der Waals surface area (Å²) in [6.07, 6.45) is 0. The highest BCUT2D eigenvalue weighted by Crippen LogP contribution is 2.28. The number of nitrogens with zero attached hydrogens (tertiary/aromatic N) is 1. The summed E-state index contributed by atoms with van der Waals surface area (Å²) in [6, 6.07) is 13.0. The SMILES string of the molecule is Cc1c(Cl)cccc1NC(=O)C(C)Sc1nc2ccccc2o1. The summed E-state index contributed by atoms with van der Waals surface area (Å²) in [5.41, 5.74) is 3.07. The standard InChI is InChI=1S/C17H15ClN2O2S/c1-10-12(18)6-5-8-13(10)19-16(21)11(2)23-17-20-14-7-3-4-9-15(14)22-17/h3-9,11H,1-2H3,(H,19,21). The maximum atomic E-state index is 12.4. The molecule has 3 rings (SSSR count). The van der Waals surface area contributed by atoms with E-state index < -0.39 is 0 Å². The van der Waals surface area contributed by atoms with Crippen LogP contribution in [0.5, 0.6) is 0 Å². The Morgan fingerprint density at radius 2 is 2.04 bits per heavy atom. The number of rotatable bonds is 4. The summed E-state index contributed by atoms with van der Waals surface area (Å²) in [4.78, 5) is 16.7. The molecule has 0 radical (unpaired) electrons. The third kappa shape index (κ3) is 3.51. The highest BCUT2D eigenvalue weighted by Gasteiger charge is 2.19. The summed E-state index contributed by atoms with van der Waals surface area (Å²) in [5, 5.41) is 3.66. The Hall–Kier alpha value is -1.98. The van der Waals surface area contributed by atoms with Crippen LogP contribution in [0.4, 0.5) is 5.69 Å². The molecule has 1 aromatic heterocycles. The third-order valence-corrected chi connectivity index (χ3v) is 4.80. The maximum absolute atomic E-state index is 12.4. The Balaban J connectivity index is 1.71. The summed E-state index contributed by atoms with van der Waals surface area (Å²) >= 11 is 7.35. The number of carbonyl (C=O) groups excluding carboxylic acids is 1. The van der Waals surface area contributed by atoms with Crippen molar-refractivity contribution in [1.82, 2.24) is 4.98 Å². The molecule has 2 aromatic carbocycles. The molecule has 0 aliphatic carbocycles. The number of thioether (sulfide) groups is 1. The van der Waals surface area contributed by atoms with Crippen molar-refractivity contribution in [3.05, 3.63) is 53.1 Å². The van der Waals surface area contributed by atoms with E-state index in [1.54, 1.807) is 6.07 Å². The molecule has 0 aliphatic heterocycles. The van der Waals surface area contributed by atoms with Gasteiger partial charge in [0.1, 0.15) is 5.52 Å². The van der Waals surface area contributed by atoms with E-state index in [0.29, 0.717) is 21.5 Å². The van der Waals surface area contributed by atoms with Crippen molar-refractivity contribution in [3.8, 4) is 0 Å². The number of oxazole rings is 1. The van der Waals surface area contributed by atoms with Gasteiger partial charge in [-0.25, -0.2) is 4.98 Å². The minimum atomic E-state index is -0.346. The van der Waals surface area contributed by atoms with Crippen LogP contribution < -0.4 is 5.32 Å². The molecule has 0 saturated heterocycles. The Morgan fingerprint density at radius 3 is 2.83 bits per heavy atom. The van der Waals surface area contributed by atoms with Gasteiger partial charge in [-0.1, -0.05) is 41.6 Å². The molecule has 0 saturated carbocycles. The number of fused-ring (bicyclic) bond motifs is 1. The Bertz CT molecular complexity index is 830. The molecule has 1 unspecified atom stereocenters. The van der Waals surface area contributed by atoms with Gasteiger partial charge >= 0.3 is 0 Å². The molecular formula is C17H15ClN2O2S. The Labute approximate surface area is 143 Å². The molecule has 3 aromatic rings. The average Bonchev–Trinajstić information content (AvgIpc) is 2.93. The lowest BCUT2D eigenvalue weighted by Gasteiger charge is -2.12. The van der Waals surface area contributed by atoms with E-state index in [1.165, 1.54) is 11.8 Å². The van der Waals surface area contributed by atoms with Gasteiger partial charge in [-0.3, -0.25) is 4.79 Å². The van der Waals surface area contributed by atoms with Gasteiger partial charge in [0.2, 0.25) is 5.91 Å². The first-order valence-corrected chi connectivity index (χ1v) is 8.38. The first kappa shape index (κ1) is 15.9. The van der Waals surface area contributed by atoms with E-state index in [2.05, 4.69) is 10.3 Å². The van der Waals surface area contributed by atoms with E-state index in [1.807, 2.05) is 50.2 Å². The van der Waals surface area contributed by atoms with Crippen molar-refractivity contribution in [1.29, 1.82) is 0 Å². The lowest BCUT2D eigenvalue weighted by Crippen LogP contribution is -2.22. The zero-order valence-corrected chi connectivity index (χ0v) is 14.2. The molecule has 0 fully saturated rings. The number of carbonyl (C=O) groups is 1. The zero-order chi connectivity index (χ0) is 16.4. The van der Waals surface area contributed by atoms with Gasteiger partial charge < -0.3 is 9.73 Å². The molecule has 1 amide bonds. The van der Waals surface area contributed by atoms with Crippen LogP contribution in [0.3, 0.4) is 0 Å². The van der Waals surface area contributed by atoms with Gasteiger partial charge in [0.05, 0.1) is 5.25 Å². The second-order valence-electron chi connectivity index (χ2n) is 5.11. The fourth-order valence-corrected chi connectivity index (χ4v) is 3.02. The van der Waals surface area contributed by atoms with Crippen LogP contribution in [0.1, 0.15) is 12.5 Å². The predicted molar refractivity (Wildman–Crippen MR) is 94.1 cm³/mol.